The van der Waals surface area contributed by atoms with Crippen LogP contribution in [0.25, 0.3) is 5.57 Å². The normalized spacial score (nSPS) is 14.4. The van der Waals surface area contributed by atoms with E-state index in [-0.39, 0.29) is 12.3 Å². The number of aromatic amines is 2. The smallest absolute Gasteiger partial charge is 0.325 e. The molecule has 0 atom stereocenters. The van der Waals surface area contributed by atoms with E-state index in [1.165, 1.54) is 11.1 Å². The summed E-state index contributed by atoms with van der Waals surface area (Å²) in [6, 6.07) is 10.1. The highest BCUT2D eigenvalue weighted by molar-refractivity contribution is 5.80. The molecule has 3 rings (SSSR count). The van der Waals surface area contributed by atoms with Crippen LogP contribution in [0.5, 0.6) is 0 Å². The molecule has 0 aliphatic carbocycles. The Balaban J connectivity index is 1.71. The molecule has 124 valence electrons. The Labute approximate surface area is 138 Å². The molecular formula is C18H19N3O3. The van der Waals surface area contributed by atoms with Gasteiger partial charge in [-0.2, -0.15) is 0 Å². The van der Waals surface area contributed by atoms with E-state index in [2.05, 4.69) is 28.2 Å². The Morgan fingerprint density at radius 3 is 2.54 bits per heavy atom. The largest absolute Gasteiger partial charge is 0.338 e. The van der Waals surface area contributed by atoms with Crippen molar-refractivity contribution in [3.63, 3.8) is 0 Å². The molecule has 0 bridgehead atoms. The Morgan fingerprint density at radius 1 is 1.17 bits per heavy atom. The van der Waals surface area contributed by atoms with Crippen molar-refractivity contribution in [2.45, 2.75) is 19.8 Å². The lowest BCUT2D eigenvalue weighted by Crippen LogP contribution is -2.38. The Hall–Kier alpha value is -2.89. The van der Waals surface area contributed by atoms with Crippen LogP contribution in [0.2, 0.25) is 0 Å². The zero-order chi connectivity index (χ0) is 17.1. The number of aryl methyl sites for hydroxylation is 1. The Morgan fingerprint density at radius 2 is 1.92 bits per heavy atom. The van der Waals surface area contributed by atoms with Gasteiger partial charge in [0.25, 0.3) is 5.56 Å². The van der Waals surface area contributed by atoms with Crippen LogP contribution in [0, 0.1) is 6.92 Å². The second-order valence-corrected chi connectivity index (χ2v) is 5.87. The lowest BCUT2D eigenvalue weighted by Gasteiger charge is -2.27. The van der Waals surface area contributed by atoms with Gasteiger partial charge < -0.3 is 9.88 Å². The van der Waals surface area contributed by atoms with Crippen molar-refractivity contribution < 1.29 is 4.79 Å². The van der Waals surface area contributed by atoms with Crippen molar-refractivity contribution in [3.05, 3.63) is 74.1 Å². The first-order valence-electron chi connectivity index (χ1n) is 7.89. The Kier molecular flexibility index (Phi) is 4.46. The molecular weight excluding hydrogens is 306 g/mol. The molecule has 0 saturated heterocycles. The molecule has 2 heterocycles. The van der Waals surface area contributed by atoms with Crippen molar-refractivity contribution in [1.29, 1.82) is 0 Å². The number of benzene rings is 1. The van der Waals surface area contributed by atoms with Gasteiger partial charge in [0.05, 0.1) is 6.42 Å². The topological polar surface area (TPSA) is 86.0 Å². The number of carbonyl (C=O) groups excluding carboxylic acids is 1. The maximum absolute atomic E-state index is 12.5. The quantitative estimate of drug-likeness (QED) is 0.890. The van der Waals surface area contributed by atoms with E-state index < -0.39 is 11.2 Å². The number of nitrogens with one attached hydrogen (secondary N) is 2. The summed E-state index contributed by atoms with van der Waals surface area (Å²) in [6.07, 6.45) is 2.84. The predicted octanol–water partition coefficient (Wildman–Crippen LogP) is 1.23. The summed E-state index contributed by atoms with van der Waals surface area (Å²) >= 11 is 0. The third kappa shape index (κ3) is 3.37. The van der Waals surface area contributed by atoms with Crippen LogP contribution in [0.15, 0.2) is 46.0 Å². The average Bonchev–Trinajstić information content (AvgIpc) is 2.59. The number of carbonyl (C=O) groups is 1. The summed E-state index contributed by atoms with van der Waals surface area (Å²) in [7, 11) is 0. The molecule has 1 aromatic carbocycles. The molecule has 6 nitrogen and oxygen atoms in total. The van der Waals surface area contributed by atoms with Crippen LogP contribution < -0.4 is 11.2 Å². The minimum atomic E-state index is -0.554. The first-order valence-corrected chi connectivity index (χ1v) is 7.89. The van der Waals surface area contributed by atoms with Crippen LogP contribution in [0.1, 0.15) is 23.2 Å². The van der Waals surface area contributed by atoms with Gasteiger partial charge in [0.15, 0.2) is 0 Å². The first-order chi connectivity index (χ1) is 11.5. The number of nitrogens with zero attached hydrogens (tertiary/aromatic N) is 1. The predicted molar refractivity (Wildman–Crippen MR) is 91.7 cm³/mol. The van der Waals surface area contributed by atoms with Crippen LogP contribution in [0.3, 0.4) is 0 Å². The van der Waals surface area contributed by atoms with Gasteiger partial charge >= 0.3 is 5.69 Å². The highest BCUT2D eigenvalue weighted by Crippen LogP contribution is 2.22. The van der Waals surface area contributed by atoms with E-state index in [1.807, 2.05) is 18.2 Å². The molecule has 0 fully saturated rings. The van der Waals surface area contributed by atoms with Crippen molar-refractivity contribution >= 4 is 11.5 Å². The second kappa shape index (κ2) is 6.70. The number of rotatable bonds is 3. The summed E-state index contributed by atoms with van der Waals surface area (Å²) in [5, 5.41) is 0. The van der Waals surface area contributed by atoms with Crippen LogP contribution >= 0.6 is 0 Å². The lowest BCUT2D eigenvalue weighted by molar-refractivity contribution is -0.130. The third-order valence-corrected chi connectivity index (χ3v) is 4.29. The van der Waals surface area contributed by atoms with Gasteiger partial charge in [0.2, 0.25) is 5.91 Å². The summed E-state index contributed by atoms with van der Waals surface area (Å²) < 4.78 is 0. The molecule has 0 unspecified atom stereocenters. The maximum atomic E-state index is 12.5. The van der Waals surface area contributed by atoms with E-state index in [0.717, 1.165) is 6.42 Å². The number of amides is 1. The monoisotopic (exact) mass is 325 g/mol. The lowest BCUT2D eigenvalue weighted by atomic mass is 9.99. The van der Waals surface area contributed by atoms with E-state index in [1.54, 1.807) is 11.8 Å². The van der Waals surface area contributed by atoms with E-state index >= 15 is 0 Å². The number of H-pyrrole nitrogens is 2. The van der Waals surface area contributed by atoms with E-state index in [4.69, 9.17) is 0 Å². The molecule has 24 heavy (non-hydrogen) atoms. The molecule has 2 aromatic rings. The fourth-order valence-electron chi connectivity index (χ4n) is 2.91. The molecule has 1 amide bonds. The Bertz CT molecular complexity index is 894. The van der Waals surface area contributed by atoms with Gasteiger partial charge in [0.1, 0.15) is 0 Å². The molecule has 2 N–H and O–H groups in total. The van der Waals surface area contributed by atoms with Crippen molar-refractivity contribution in [2.75, 3.05) is 13.1 Å². The maximum Gasteiger partial charge on any atom is 0.325 e. The number of hydrogen-bond donors (Lipinski definition) is 2. The summed E-state index contributed by atoms with van der Waals surface area (Å²) in [6.45, 7) is 2.78. The molecule has 0 spiro atoms. The van der Waals surface area contributed by atoms with Crippen LogP contribution in [0.4, 0.5) is 0 Å². The van der Waals surface area contributed by atoms with Gasteiger partial charge in [-0.1, -0.05) is 36.4 Å². The van der Waals surface area contributed by atoms with Crippen molar-refractivity contribution in [1.82, 2.24) is 14.9 Å². The highest BCUT2D eigenvalue weighted by Gasteiger charge is 2.20. The summed E-state index contributed by atoms with van der Waals surface area (Å²) in [5.41, 5.74) is 2.12. The van der Waals surface area contributed by atoms with Crippen LogP contribution in [-0.2, 0) is 11.2 Å². The zero-order valence-electron chi connectivity index (χ0n) is 13.5. The minimum absolute atomic E-state index is 0.00748. The van der Waals surface area contributed by atoms with Gasteiger partial charge in [-0.25, -0.2) is 4.79 Å². The average molecular weight is 325 g/mol. The molecule has 0 saturated carbocycles. The fraction of sp³-hybridized carbons (Fsp3) is 0.278. The fourth-order valence-corrected chi connectivity index (χ4v) is 2.91. The van der Waals surface area contributed by atoms with Crippen molar-refractivity contribution in [3.8, 4) is 0 Å². The summed E-state index contributed by atoms with van der Waals surface area (Å²) in [4.78, 5) is 41.9. The SMILES string of the molecule is Cc1[nH]c(=O)[nH]c(=O)c1CC(=O)N1CC=C(c2ccccc2)CC1. The first kappa shape index (κ1) is 16.0. The zero-order valence-corrected chi connectivity index (χ0v) is 13.5. The van der Waals surface area contributed by atoms with Crippen LogP contribution in [-0.4, -0.2) is 33.9 Å². The number of aromatic nitrogens is 2. The van der Waals surface area contributed by atoms with Gasteiger partial charge in [-0.05, 0) is 24.5 Å². The van der Waals surface area contributed by atoms with E-state index in [0.29, 0.717) is 24.3 Å². The molecule has 6 heteroatoms. The van der Waals surface area contributed by atoms with Gasteiger partial charge in [0, 0.05) is 24.3 Å². The molecule has 1 aromatic heterocycles. The number of hydrogen-bond acceptors (Lipinski definition) is 3. The van der Waals surface area contributed by atoms with Crippen molar-refractivity contribution in [2.24, 2.45) is 0 Å². The third-order valence-electron chi connectivity index (χ3n) is 4.29. The molecule has 0 radical (unpaired) electrons. The molecule has 1 aliphatic rings. The van der Waals surface area contributed by atoms with Gasteiger partial charge in [-0.3, -0.25) is 14.6 Å². The highest BCUT2D eigenvalue weighted by atomic mass is 16.2. The van der Waals surface area contributed by atoms with Gasteiger partial charge in [-0.15, -0.1) is 0 Å². The standard InChI is InChI=1S/C18H19N3O3/c1-12-15(17(23)20-18(24)19-12)11-16(22)21-9-7-14(8-10-21)13-5-3-2-4-6-13/h2-7H,8-11H2,1H3,(H2,19,20,23,24). The molecule has 1 aliphatic heterocycles. The summed E-state index contributed by atoms with van der Waals surface area (Å²) in [5.74, 6) is -0.112. The minimum Gasteiger partial charge on any atom is -0.338 e. The van der Waals surface area contributed by atoms with E-state index in [9.17, 15) is 14.4 Å². The second-order valence-electron chi connectivity index (χ2n) is 5.87.